The van der Waals surface area contributed by atoms with Gasteiger partial charge in [0.1, 0.15) is 6.10 Å². The zero-order chi connectivity index (χ0) is 48.6. The van der Waals surface area contributed by atoms with Crippen molar-refractivity contribution in [3.8, 4) is 0 Å². The van der Waals surface area contributed by atoms with Crippen LogP contribution in [0.5, 0.6) is 0 Å². The van der Waals surface area contributed by atoms with Gasteiger partial charge < -0.3 is 70.4 Å². The van der Waals surface area contributed by atoms with Crippen molar-refractivity contribution in [1.82, 2.24) is 5.48 Å². The number of carbonyl (C=O) groups is 1. The first-order valence-corrected chi connectivity index (χ1v) is 23.1. The minimum absolute atomic E-state index is 0.0272. The van der Waals surface area contributed by atoms with Crippen molar-refractivity contribution >= 4 is 11.9 Å². The SMILES string of the molecule is C[C@@H]1[C@H](O)[C@@H](C)/C=C/C=C/C=C/C=C/C=C/C=C/C=C/[C@H](O[C@H]2CC[C@H](O/N=C(\N)NO)[C@@H](C)O2)C[C@@H]2O[C@@](O)(CC[C@H]2CO)C[C@@H](O)C[C@@H](O)[C@H](O)CC[C@@H](O)C[C@@H](O)CC(=O)O[C@H]1C. The summed E-state index contributed by atoms with van der Waals surface area (Å²) in [5.41, 5.74) is 7.17. The fourth-order valence-corrected chi connectivity index (χ4v) is 8.00. The number of hydroxylamine groups is 1. The lowest BCUT2D eigenvalue weighted by atomic mass is 9.85. The smallest absolute Gasteiger partial charge is 0.308 e. The Morgan fingerprint density at radius 3 is 2.00 bits per heavy atom. The van der Waals surface area contributed by atoms with Crippen molar-refractivity contribution in [3.05, 3.63) is 85.1 Å². The maximum atomic E-state index is 12.6. The van der Waals surface area contributed by atoms with Crippen LogP contribution in [-0.2, 0) is 28.6 Å². The Hall–Kier alpha value is -3.76. The summed E-state index contributed by atoms with van der Waals surface area (Å²) in [6, 6.07) is 0. The number of ether oxygens (including phenoxy) is 4. The van der Waals surface area contributed by atoms with Gasteiger partial charge in [-0.2, -0.15) is 0 Å². The molecule has 18 nitrogen and oxygen atoms in total. The summed E-state index contributed by atoms with van der Waals surface area (Å²) in [5.74, 6) is -3.89. The van der Waals surface area contributed by atoms with E-state index in [0.29, 0.717) is 19.3 Å². The van der Waals surface area contributed by atoms with E-state index >= 15 is 0 Å². The molecule has 3 heterocycles. The summed E-state index contributed by atoms with van der Waals surface area (Å²) in [7, 11) is 0. The molecule has 2 saturated heterocycles. The van der Waals surface area contributed by atoms with E-state index in [9.17, 15) is 45.6 Å². The largest absolute Gasteiger partial charge is 0.462 e. The van der Waals surface area contributed by atoms with Crippen LogP contribution in [0.3, 0.4) is 0 Å². The number of allylic oxidation sites excluding steroid dienone is 12. The third kappa shape index (κ3) is 21.0. The topological polar surface area (TPSA) is 296 Å². The number of oxime groups is 1. The lowest BCUT2D eigenvalue weighted by Crippen LogP contribution is -2.49. The van der Waals surface area contributed by atoms with E-state index in [0.717, 1.165) is 0 Å². The summed E-state index contributed by atoms with van der Waals surface area (Å²) >= 11 is 0. The second kappa shape index (κ2) is 29.9. The summed E-state index contributed by atoms with van der Waals surface area (Å²) < 4.78 is 24.3. The fourth-order valence-electron chi connectivity index (χ4n) is 8.00. The van der Waals surface area contributed by atoms with Crippen LogP contribution < -0.4 is 11.2 Å². The van der Waals surface area contributed by atoms with Gasteiger partial charge in [0.2, 0.25) is 0 Å². The average Bonchev–Trinajstić information content (AvgIpc) is 3.26. The summed E-state index contributed by atoms with van der Waals surface area (Å²) in [5, 5.41) is 99.0. The summed E-state index contributed by atoms with van der Waals surface area (Å²) in [6.45, 7) is 6.85. The molecule has 374 valence electrons. The lowest BCUT2D eigenvalue weighted by Gasteiger charge is -2.43. The highest BCUT2D eigenvalue weighted by Crippen LogP contribution is 2.37. The van der Waals surface area contributed by atoms with Crippen LogP contribution in [0.4, 0.5) is 0 Å². The molecule has 0 aromatic carbocycles. The number of esters is 1. The summed E-state index contributed by atoms with van der Waals surface area (Å²) in [6.07, 6.45) is 15.2. The van der Waals surface area contributed by atoms with Crippen LogP contribution >= 0.6 is 0 Å². The number of nitrogens with zero attached hydrogens (tertiary/aromatic N) is 1. The third-order valence-electron chi connectivity index (χ3n) is 12.2. The van der Waals surface area contributed by atoms with Crippen LogP contribution in [-0.4, -0.2) is 144 Å². The number of fused-ring (bicyclic) bond motifs is 2. The van der Waals surface area contributed by atoms with Gasteiger partial charge in [-0.05, 0) is 51.1 Å². The third-order valence-corrected chi connectivity index (χ3v) is 12.2. The highest BCUT2D eigenvalue weighted by molar-refractivity contribution is 5.75. The van der Waals surface area contributed by atoms with Crippen molar-refractivity contribution < 1.29 is 74.6 Å². The molecule has 66 heavy (non-hydrogen) atoms. The molecule has 2 bridgehead atoms. The highest BCUT2D eigenvalue weighted by atomic mass is 16.7. The summed E-state index contributed by atoms with van der Waals surface area (Å²) in [4.78, 5) is 18.0. The van der Waals surface area contributed by atoms with Gasteiger partial charge in [0, 0.05) is 56.5 Å². The number of carbonyl (C=O) groups excluding carboxylic acids is 1. The van der Waals surface area contributed by atoms with E-state index in [1.165, 1.54) is 0 Å². The maximum absolute atomic E-state index is 12.6. The molecule has 12 N–H and O–H groups in total. The number of rotatable bonds is 5. The first kappa shape index (κ1) is 56.6. The van der Waals surface area contributed by atoms with Gasteiger partial charge in [0.25, 0.3) is 5.96 Å². The van der Waals surface area contributed by atoms with Gasteiger partial charge in [0.05, 0.1) is 61.4 Å². The molecule has 0 aromatic heterocycles. The number of hydrogen-bond donors (Lipinski definition) is 11. The standard InChI is InChI=1S/C48H77N3O15/c1-31-17-15-13-11-9-7-5-6-8-10-12-14-16-18-39(64-45-22-21-42(34(4)63-45)66-51-47(49)50-61)28-43-35(30-52)23-24-48(60,65-43)29-38(55)26-41(57)40(56)20-19-36(53)25-37(54)27-44(58)62-33(3)32(2)46(31)59/h5-18,31-43,45-46,52-57,59-61H,19-30H2,1-4H3,(H3,49,50,51)/b6-5+,9-7+,10-8+,13-11+,14-12+,17-15+,18-16+/t31-,32-,33-,34+,35-,36+,37+,38-,39-,40+,41+,42-,43-,45-,46+,48-/m0/s1. The maximum Gasteiger partial charge on any atom is 0.308 e. The van der Waals surface area contributed by atoms with Gasteiger partial charge in [-0.3, -0.25) is 10.0 Å². The highest BCUT2D eigenvalue weighted by Gasteiger charge is 2.43. The molecule has 16 atom stereocenters. The molecule has 0 spiro atoms. The van der Waals surface area contributed by atoms with Crippen LogP contribution in [0.2, 0.25) is 0 Å². The Morgan fingerprint density at radius 2 is 1.39 bits per heavy atom. The van der Waals surface area contributed by atoms with Gasteiger partial charge in [-0.15, -0.1) is 0 Å². The van der Waals surface area contributed by atoms with E-state index in [1.807, 2.05) is 85.9 Å². The number of aliphatic hydroxyl groups excluding tert-OH is 7. The molecule has 0 aromatic rings. The average molecular weight is 936 g/mol. The molecule has 0 radical (unpaired) electrons. The molecular formula is C48H77N3O15. The second-order valence-electron chi connectivity index (χ2n) is 17.7. The molecule has 0 aliphatic carbocycles. The zero-order valence-electron chi connectivity index (χ0n) is 38.7. The molecule has 0 unspecified atom stereocenters. The lowest BCUT2D eigenvalue weighted by molar-refractivity contribution is -0.290. The van der Waals surface area contributed by atoms with Crippen LogP contribution in [0, 0.1) is 17.8 Å². The van der Waals surface area contributed by atoms with Crippen molar-refractivity contribution in [2.45, 2.75) is 178 Å². The first-order valence-electron chi connectivity index (χ1n) is 23.1. The molecule has 3 aliphatic heterocycles. The quantitative estimate of drug-likeness (QED) is 0.0818. The number of hydrogen-bond acceptors (Lipinski definition) is 16. The molecule has 18 heteroatoms. The predicted molar refractivity (Wildman–Crippen MR) is 246 cm³/mol. The Balaban J connectivity index is 1.79. The van der Waals surface area contributed by atoms with Crippen molar-refractivity contribution in [3.63, 3.8) is 0 Å². The van der Waals surface area contributed by atoms with Crippen molar-refractivity contribution in [1.29, 1.82) is 0 Å². The van der Waals surface area contributed by atoms with Crippen molar-refractivity contribution in [2.24, 2.45) is 28.6 Å². The number of cyclic esters (lactones) is 1. The van der Waals surface area contributed by atoms with Gasteiger partial charge in [-0.25, -0.2) is 5.48 Å². The van der Waals surface area contributed by atoms with E-state index in [-0.39, 0.29) is 69.3 Å². The zero-order valence-corrected chi connectivity index (χ0v) is 38.7. The molecular weight excluding hydrogens is 859 g/mol. The van der Waals surface area contributed by atoms with Gasteiger partial charge in [0.15, 0.2) is 18.2 Å². The Morgan fingerprint density at radius 1 is 0.773 bits per heavy atom. The molecule has 2 fully saturated rings. The van der Waals surface area contributed by atoms with Crippen LogP contribution in [0.1, 0.15) is 98.3 Å². The van der Waals surface area contributed by atoms with Gasteiger partial charge >= 0.3 is 5.97 Å². The Kier molecular flexibility index (Phi) is 25.6. The van der Waals surface area contributed by atoms with Crippen molar-refractivity contribution in [2.75, 3.05) is 6.61 Å². The van der Waals surface area contributed by atoms with E-state index < -0.39 is 97.5 Å². The van der Waals surface area contributed by atoms with Gasteiger partial charge in [-0.1, -0.05) is 98.9 Å². The van der Waals surface area contributed by atoms with Crippen LogP contribution in [0.15, 0.2) is 90.2 Å². The number of guanidine groups is 1. The fraction of sp³-hybridized carbons (Fsp3) is 0.667. The molecule has 0 saturated carbocycles. The monoisotopic (exact) mass is 936 g/mol. The van der Waals surface area contributed by atoms with E-state index in [2.05, 4.69) is 5.16 Å². The number of aliphatic hydroxyl groups is 8. The number of nitrogens with one attached hydrogen (secondary N) is 1. The minimum atomic E-state index is -1.83. The Bertz CT molecular complexity index is 1650. The van der Waals surface area contributed by atoms with E-state index in [1.54, 1.807) is 32.3 Å². The molecule has 3 rings (SSSR count). The Labute approximate surface area is 389 Å². The normalized spacial score (nSPS) is 41.8. The van der Waals surface area contributed by atoms with Crippen LogP contribution in [0.25, 0.3) is 0 Å². The molecule has 0 amide bonds. The minimum Gasteiger partial charge on any atom is -0.462 e. The molecule has 3 aliphatic rings. The number of nitrogens with two attached hydrogens (primary N) is 1. The first-order chi connectivity index (χ1) is 31.4. The second-order valence-corrected chi connectivity index (χ2v) is 17.7. The predicted octanol–water partition coefficient (Wildman–Crippen LogP) is 2.97. The van der Waals surface area contributed by atoms with E-state index in [4.69, 9.17) is 34.7 Å².